The molecule has 0 amide bonds. The molecule has 1 aliphatic rings. The van der Waals surface area contributed by atoms with Crippen LogP contribution in [0.4, 0.5) is 0 Å². The number of aliphatic hydroxyl groups is 1. The summed E-state index contributed by atoms with van der Waals surface area (Å²) in [7, 11) is 0. The Kier molecular flexibility index (Phi) is 1.35. The van der Waals surface area contributed by atoms with Gasteiger partial charge >= 0.3 is 0 Å². The van der Waals surface area contributed by atoms with E-state index in [1.165, 1.54) is 0 Å². The van der Waals surface area contributed by atoms with Crippen molar-refractivity contribution in [2.24, 2.45) is 17.3 Å². The van der Waals surface area contributed by atoms with Gasteiger partial charge in [-0.2, -0.15) is 0 Å². The van der Waals surface area contributed by atoms with E-state index in [1.54, 1.807) is 0 Å². The molecule has 0 aromatic carbocycles. The van der Waals surface area contributed by atoms with Gasteiger partial charge in [-0.05, 0) is 24.2 Å². The lowest BCUT2D eigenvalue weighted by Crippen LogP contribution is -2.07. The Morgan fingerprint density at radius 1 is 1.44 bits per heavy atom. The maximum absolute atomic E-state index is 9.20. The first-order chi connectivity index (χ1) is 3.98. The minimum atomic E-state index is -0.116. The van der Waals surface area contributed by atoms with E-state index in [0.717, 1.165) is 0 Å². The SMILES string of the molecule is C[C@@H](O)[C@@H]1[C@H](C)C1(C)C. The molecule has 0 radical (unpaired) electrons. The van der Waals surface area contributed by atoms with Gasteiger partial charge in [0.15, 0.2) is 0 Å². The van der Waals surface area contributed by atoms with Gasteiger partial charge in [-0.15, -0.1) is 0 Å². The van der Waals surface area contributed by atoms with Crippen LogP contribution in [0.5, 0.6) is 0 Å². The van der Waals surface area contributed by atoms with Crippen molar-refractivity contribution in [3.05, 3.63) is 0 Å². The molecule has 1 N–H and O–H groups in total. The summed E-state index contributed by atoms with van der Waals surface area (Å²) in [6.07, 6.45) is -0.116. The van der Waals surface area contributed by atoms with E-state index in [2.05, 4.69) is 20.8 Å². The van der Waals surface area contributed by atoms with E-state index in [-0.39, 0.29) is 6.10 Å². The Morgan fingerprint density at radius 3 is 1.78 bits per heavy atom. The van der Waals surface area contributed by atoms with Crippen molar-refractivity contribution < 1.29 is 5.11 Å². The van der Waals surface area contributed by atoms with E-state index in [9.17, 15) is 5.11 Å². The fraction of sp³-hybridized carbons (Fsp3) is 1.00. The first kappa shape index (κ1) is 7.07. The van der Waals surface area contributed by atoms with Gasteiger partial charge in [-0.1, -0.05) is 20.8 Å². The molecule has 9 heavy (non-hydrogen) atoms. The highest BCUT2D eigenvalue weighted by Gasteiger charge is 2.56. The first-order valence-electron chi connectivity index (χ1n) is 3.66. The van der Waals surface area contributed by atoms with Gasteiger partial charge in [0.1, 0.15) is 0 Å². The summed E-state index contributed by atoms with van der Waals surface area (Å²) in [6, 6.07) is 0. The fourth-order valence-electron chi connectivity index (χ4n) is 1.98. The predicted octanol–water partition coefficient (Wildman–Crippen LogP) is 1.66. The summed E-state index contributed by atoms with van der Waals surface area (Å²) in [5.41, 5.74) is 0.397. The molecule has 3 atom stereocenters. The molecule has 0 aromatic heterocycles. The van der Waals surface area contributed by atoms with Gasteiger partial charge in [0, 0.05) is 0 Å². The van der Waals surface area contributed by atoms with Gasteiger partial charge in [0.2, 0.25) is 0 Å². The number of rotatable bonds is 1. The largest absolute Gasteiger partial charge is 0.393 e. The lowest BCUT2D eigenvalue weighted by molar-refractivity contribution is 0.153. The van der Waals surface area contributed by atoms with Crippen LogP contribution in [0.15, 0.2) is 0 Å². The quantitative estimate of drug-likeness (QED) is 0.569. The van der Waals surface area contributed by atoms with Gasteiger partial charge in [0.25, 0.3) is 0 Å². The Morgan fingerprint density at radius 2 is 1.78 bits per heavy atom. The summed E-state index contributed by atoms with van der Waals surface area (Å²) in [6.45, 7) is 8.53. The standard InChI is InChI=1S/C8H16O/c1-5-7(6(2)9)8(5,3)4/h5-7,9H,1-4H3/t5-,6+,7-/m0/s1. The van der Waals surface area contributed by atoms with Gasteiger partial charge < -0.3 is 5.11 Å². The van der Waals surface area contributed by atoms with Crippen LogP contribution in [0.3, 0.4) is 0 Å². The minimum Gasteiger partial charge on any atom is -0.393 e. The van der Waals surface area contributed by atoms with Crippen molar-refractivity contribution in [1.29, 1.82) is 0 Å². The lowest BCUT2D eigenvalue weighted by atomic mass is 10.1. The first-order valence-corrected chi connectivity index (χ1v) is 3.66. The lowest BCUT2D eigenvalue weighted by Gasteiger charge is -2.03. The highest BCUT2D eigenvalue weighted by molar-refractivity contribution is 5.04. The second-order valence-corrected chi connectivity index (χ2v) is 3.88. The molecule has 0 bridgehead atoms. The average molecular weight is 128 g/mol. The Labute approximate surface area is 57.1 Å². The number of aliphatic hydroxyl groups excluding tert-OH is 1. The van der Waals surface area contributed by atoms with Crippen LogP contribution >= 0.6 is 0 Å². The predicted molar refractivity (Wildman–Crippen MR) is 38.1 cm³/mol. The molecule has 1 heteroatoms. The zero-order valence-corrected chi connectivity index (χ0v) is 6.68. The van der Waals surface area contributed by atoms with Crippen LogP contribution in [-0.2, 0) is 0 Å². The van der Waals surface area contributed by atoms with Crippen molar-refractivity contribution >= 4 is 0 Å². The topological polar surface area (TPSA) is 20.2 Å². The van der Waals surface area contributed by atoms with Crippen LogP contribution in [0, 0.1) is 17.3 Å². The summed E-state index contributed by atoms with van der Waals surface area (Å²) in [5.74, 6) is 1.25. The zero-order valence-electron chi connectivity index (χ0n) is 6.68. The molecule has 0 saturated heterocycles. The molecule has 0 unspecified atom stereocenters. The van der Waals surface area contributed by atoms with Crippen molar-refractivity contribution in [2.75, 3.05) is 0 Å². The third-order valence-electron chi connectivity index (χ3n) is 2.98. The number of hydrogen-bond acceptors (Lipinski definition) is 1. The van der Waals surface area contributed by atoms with E-state index in [0.29, 0.717) is 17.3 Å². The van der Waals surface area contributed by atoms with Gasteiger partial charge in [-0.3, -0.25) is 0 Å². The van der Waals surface area contributed by atoms with Crippen LogP contribution < -0.4 is 0 Å². The van der Waals surface area contributed by atoms with E-state index >= 15 is 0 Å². The summed E-state index contributed by atoms with van der Waals surface area (Å²) in [4.78, 5) is 0. The van der Waals surface area contributed by atoms with E-state index in [4.69, 9.17) is 0 Å². The van der Waals surface area contributed by atoms with Gasteiger partial charge in [0.05, 0.1) is 6.10 Å². The molecule has 54 valence electrons. The second-order valence-electron chi connectivity index (χ2n) is 3.88. The van der Waals surface area contributed by atoms with E-state index in [1.807, 2.05) is 6.92 Å². The maximum atomic E-state index is 9.20. The summed E-state index contributed by atoms with van der Waals surface area (Å²) >= 11 is 0. The molecular formula is C8H16O. The molecule has 1 aliphatic carbocycles. The Hall–Kier alpha value is -0.0400. The Bertz CT molecular complexity index is 116. The average Bonchev–Trinajstić information content (AvgIpc) is 2.07. The van der Waals surface area contributed by atoms with Crippen molar-refractivity contribution in [2.45, 2.75) is 33.8 Å². The minimum absolute atomic E-state index is 0.116. The van der Waals surface area contributed by atoms with Crippen LogP contribution in [0.2, 0.25) is 0 Å². The summed E-state index contributed by atoms with van der Waals surface area (Å²) in [5, 5.41) is 9.20. The maximum Gasteiger partial charge on any atom is 0.0548 e. The molecule has 0 heterocycles. The molecule has 1 saturated carbocycles. The zero-order chi connectivity index (χ0) is 7.23. The number of hydrogen-bond donors (Lipinski definition) is 1. The van der Waals surface area contributed by atoms with Gasteiger partial charge in [-0.25, -0.2) is 0 Å². The fourth-order valence-corrected chi connectivity index (χ4v) is 1.98. The van der Waals surface area contributed by atoms with Crippen LogP contribution in [-0.4, -0.2) is 11.2 Å². The highest BCUT2D eigenvalue weighted by atomic mass is 16.3. The molecule has 0 aliphatic heterocycles. The molecular weight excluding hydrogens is 112 g/mol. The third-order valence-corrected chi connectivity index (χ3v) is 2.98. The van der Waals surface area contributed by atoms with Crippen molar-refractivity contribution in [3.63, 3.8) is 0 Å². The monoisotopic (exact) mass is 128 g/mol. The normalized spacial score (nSPS) is 42.3. The van der Waals surface area contributed by atoms with Crippen LogP contribution in [0.1, 0.15) is 27.7 Å². The molecule has 1 nitrogen and oxygen atoms in total. The van der Waals surface area contributed by atoms with E-state index < -0.39 is 0 Å². The molecule has 1 rings (SSSR count). The Balaban J connectivity index is 2.52. The smallest absolute Gasteiger partial charge is 0.0548 e. The molecule has 1 fully saturated rings. The molecule has 0 spiro atoms. The second kappa shape index (κ2) is 1.72. The van der Waals surface area contributed by atoms with Crippen molar-refractivity contribution in [1.82, 2.24) is 0 Å². The highest BCUT2D eigenvalue weighted by Crippen LogP contribution is 2.59. The molecule has 0 aromatic rings. The van der Waals surface area contributed by atoms with Crippen molar-refractivity contribution in [3.8, 4) is 0 Å². The third kappa shape index (κ3) is 0.877. The summed E-state index contributed by atoms with van der Waals surface area (Å²) < 4.78 is 0. The van der Waals surface area contributed by atoms with Crippen LogP contribution in [0.25, 0.3) is 0 Å².